The lowest BCUT2D eigenvalue weighted by molar-refractivity contribution is -0.164. The van der Waals surface area contributed by atoms with E-state index in [4.69, 9.17) is 4.84 Å². The molecule has 0 radical (unpaired) electrons. The predicted molar refractivity (Wildman–Crippen MR) is 101 cm³/mol. The Hall–Kier alpha value is -3.39. The highest BCUT2D eigenvalue weighted by Gasteiger charge is 2.33. The summed E-state index contributed by atoms with van der Waals surface area (Å²) >= 11 is 0. The Morgan fingerprint density at radius 1 is 0.893 bits per heavy atom. The lowest BCUT2D eigenvalue weighted by Crippen LogP contribution is -2.54. The molecule has 0 spiro atoms. The average molecular weight is 386 g/mol. The fourth-order valence-corrected chi connectivity index (χ4v) is 2.72. The van der Waals surface area contributed by atoms with Crippen LogP contribution in [0.5, 0.6) is 0 Å². The summed E-state index contributed by atoms with van der Waals surface area (Å²) in [5.74, 6) is -2.50. The van der Waals surface area contributed by atoms with Crippen LogP contribution in [0.15, 0.2) is 60.7 Å². The number of amides is 2. The Balaban J connectivity index is 2.14. The second kappa shape index (κ2) is 10.1. The van der Waals surface area contributed by atoms with Gasteiger partial charge >= 0.3 is 18.0 Å². The minimum Gasteiger partial charge on any atom is -0.480 e. The maximum Gasteiger partial charge on any atom is 0.342 e. The standard InChI is InChI=1S/C20H22N2O6/c1-28-22(17(19(25)26)13-15-10-6-3-7-11-15)20(27)21-16(18(23)24)12-14-8-4-2-5-9-14/h2-11,16-17H,12-13H2,1H3,(H,21,27)(H,23,24)(H,25,26). The van der Waals surface area contributed by atoms with Crippen molar-refractivity contribution in [2.24, 2.45) is 0 Å². The molecular weight excluding hydrogens is 364 g/mol. The van der Waals surface area contributed by atoms with E-state index in [2.05, 4.69) is 5.32 Å². The van der Waals surface area contributed by atoms with Crippen LogP contribution in [-0.2, 0) is 27.3 Å². The molecule has 2 aromatic carbocycles. The molecule has 0 bridgehead atoms. The zero-order valence-electron chi connectivity index (χ0n) is 15.3. The van der Waals surface area contributed by atoms with Gasteiger partial charge in [-0.05, 0) is 11.1 Å². The van der Waals surface area contributed by atoms with Crippen molar-refractivity contribution < 1.29 is 29.4 Å². The molecule has 0 aliphatic rings. The van der Waals surface area contributed by atoms with Gasteiger partial charge in [0.1, 0.15) is 6.04 Å². The summed E-state index contributed by atoms with van der Waals surface area (Å²) < 4.78 is 0. The lowest BCUT2D eigenvalue weighted by atomic mass is 10.1. The van der Waals surface area contributed by atoms with Gasteiger partial charge in [0.15, 0.2) is 6.04 Å². The van der Waals surface area contributed by atoms with Crippen LogP contribution in [0.1, 0.15) is 11.1 Å². The van der Waals surface area contributed by atoms with E-state index in [9.17, 15) is 24.6 Å². The van der Waals surface area contributed by atoms with Gasteiger partial charge in [0, 0.05) is 12.8 Å². The van der Waals surface area contributed by atoms with Gasteiger partial charge in [-0.1, -0.05) is 60.7 Å². The smallest absolute Gasteiger partial charge is 0.342 e. The van der Waals surface area contributed by atoms with Crippen molar-refractivity contribution in [2.75, 3.05) is 7.11 Å². The molecule has 3 N–H and O–H groups in total. The largest absolute Gasteiger partial charge is 0.480 e. The van der Waals surface area contributed by atoms with Gasteiger partial charge in [0.05, 0.1) is 7.11 Å². The fraction of sp³-hybridized carbons (Fsp3) is 0.250. The zero-order chi connectivity index (χ0) is 20.5. The van der Waals surface area contributed by atoms with Crippen molar-refractivity contribution in [3.05, 3.63) is 71.8 Å². The number of carbonyl (C=O) groups excluding carboxylic acids is 1. The Labute approximate surface area is 162 Å². The van der Waals surface area contributed by atoms with E-state index < -0.39 is 30.1 Å². The number of hydroxylamine groups is 2. The van der Waals surface area contributed by atoms with E-state index in [1.807, 2.05) is 0 Å². The van der Waals surface area contributed by atoms with Gasteiger partial charge in [-0.3, -0.25) is 4.84 Å². The molecule has 2 rings (SSSR count). The number of carbonyl (C=O) groups is 3. The Morgan fingerprint density at radius 2 is 1.39 bits per heavy atom. The molecule has 2 aromatic rings. The monoisotopic (exact) mass is 386 g/mol. The summed E-state index contributed by atoms with van der Waals surface area (Å²) in [6.07, 6.45) is 0.0593. The van der Waals surface area contributed by atoms with E-state index in [1.165, 1.54) is 0 Å². The Morgan fingerprint density at radius 3 is 1.82 bits per heavy atom. The van der Waals surface area contributed by atoms with Crippen molar-refractivity contribution in [1.29, 1.82) is 0 Å². The molecule has 2 amide bonds. The van der Waals surface area contributed by atoms with Crippen molar-refractivity contribution in [2.45, 2.75) is 24.9 Å². The Kier molecular flexibility index (Phi) is 7.53. The predicted octanol–water partition coefficient (Wildman–Crippen LogP) is 1.95. The van der Waals surface area contributed by atoms with Crippen LogP contribution in [0.25, 0.3) is 0 Å². The van der Waals surface area contributed by atoms with Gasteiger partial charge in [-0.25, -0.2) is 14.4 Å². The SMILES string of the molecule is CON(C(=O)NC(Cc1ccccc1)C(=O)O)C(Cc1ccccc1)C(=O)O. The summed E-state index contributed by atoms with van der Waals surface area (Å²) in [7, 11) is 1.16. The molecule has 0 saturated heterocycles. The third kappa shape index (κ3) is 5.82. The molecule has 148 valence electrons. The first kappa shape index (κ1) is 20.9. The molecular formula is C20H22N2O6. The highest BCUT2D eigenvalue weighted by molar-refractivity contribution is 5.85. The molecule has 0 aromatic heterocycles. The van der Waals surface area contributed by atoms with Crippen LogP contribution in [-0.4, -0.2) is 52.4 Å². The zero-order valence-corrected chi connectivity index (χ0v) is 15.3. The van der Waals surface area contributed by atoms with Gasteiger partial charge in [0.2, 0.25) is 0 Å². The third-order valence-electron chi connectivity index (χ3n) is 4.12. The quantitative estimate of drug-likeness (QED) is 0.567. The number of nitrogens with zero attached hydrogens (tertiary/aromatic N) is 1. The number of urea groups is 1. The van der Waals surface area contributed by atoms with Crippen LogP contribution in [0.2, 0.25) is 0 Å². The summed E-state index contributed by atoms with van der Waals surface area (Å²) in [4.78, 5) is 40.8. The summed E-state index contributed by atoms with van der Waals surface area (Å²) in [6.45, 7) is 0. The van der Waals surface area contributed by atoms with Crippen molar-refractivity contribution >= 4 is 18.0 Å². The van der Waals surface area contributed by atoms with Crippen LogP contribution in [0.4, 0.5) is 4.79 Å². The molecule has 8 nitrogen and oxygen atoms in total. The Bertz CT molecular complexity index is 797. The van der Waals surface area contributed by atoms with E-state index in [-0.39, 0.29) is 12.8 Å². The number of aliphatic carboxylic acids is 2. The second-order valence-electron chi connectivity index (χ2n) is 6.08. The van der Waals surface area contributed by atoms with E-state index >= 15 is 0 Å². The number of carboxylic acids is 2. The van der Waals surface area contributed by atoms with Crippen LogP contribution >= 0.6 is 0 Å². The normalized spacial score (nSPS) is 12.6. The maximum atomic E-state index is 12.6. The highest BCUT2D eigenvalue weighted by atomic mass is 16.7. The van der Waals surface area contributed by atoms with E-state index in [0.29, 0.717) is 10.6 Å². The second-order valence-corrected chi connectivity index (χ2v) is 6.08. The first-order chi connectivity index (χ1) is 13.4. The molecule has 0 saturated carbocycles. The van der Waals surface area contributed by atoms with Crippen molar-refractivity contribution in [3.8, 4) is 0 Å². The summed E-state index contributed by atoms with van der Waals surface area (Å²) in [6, 6.07) is 14.1. The number of hydrogen-bond acceptors (Lipinski definition) is 4. The third-order valence-corrected chi connectivity index (χ3v) is 4.12. The first-order valence-corrected chi connectivity index (χ1v) is 8.59. The van der Waals surface area contributed by atoms with Crippen molar-refractivity contribution in [3.63, 3.8) is 0 Å². The van der Waals surface area contributed by atoms with Crippen LogP contribution < -0.4 is 5.32 Å². The molecule has 8 heteroatoms. The van der Waals surface area contributed by atoms with Crippen molar-refractivity contribution in [1.82, 2.24) is 10.4 Å². The topological polar surface area (TPSA) is 116 Å². The van der Waals surface area contributed by atoms with Gasteiger partial charge in [-0.2, -0.15) is 5.06 Å². The van der Waals surface area contributed by atoms with Crippen LogP contribution in [0, 0.1) is 0 Å². The summed E-state index contributed by atoms with van der Waals surface area (Å²) in [5, 5.41) is 22.0. The molecule has 0 aliphatic carbocycles. The molecule has 0 aliphatic heterocycles. The molecule has 0 fully saturated rings. The minimum atomic E-state index is -1.32. The molecule has 0 heterocycles. The van der Waals surface area contributed by atoms with E-state index in [0.717, 1.165) is 12.7 Å². The molecule has 2 atom stereocenters. The minimum absolute atomic E-state index is 0.00779. The van der Waals surface area contributed by atoms with Gasteiger partial charge in [0.25, 0.3) is 0 Å². The number of benzene rings is 2. The number of hydrogen-bond donors (Lipinski definition) is 3. The van der Waals surface area contributed by atoms with Gasteiger partial charge < -0.3 is 15.5 Å². The maximum absolute atomic E-state index is 12.6. The fourth-order valence-electron chi connectivity index (χ4n) is 2.72. The average Bonchev–Trinajstić information content (AvgIpc) is 2.68. The molecule has 2 unspecified atom stereocenters. The highest BCUT2D eigenvalue weighted by Crippen LogP contribution is 2.11. The first-order valence-electron chi connectivity index (χ1n) is 8.59. The molecule has 28 heavy (non-hydrogen) atoms. The number of nitrogens with one attached hydrogen (secondary N) is 1. The number of carboxylic acid groups (broad SMARTS) is 2. The lowest BCUT2D eigenvalue weighted by Gasteiger charge is -2.28. The van der Waals surface area contributed by atoms with Crippen LogP contribution in [0.3, 0.4) is 0 Å². The summed E-state index contributed by atoms with van der Waals surface area (Å²) in [5.41, 5.74) is 1.42. The van der Waals surface area contributed by atoms with E-state index in [1.54, 1.807) is 60.7 Å². The van der Waals surface area contributed by atoms with Gasteiger partial charge in [-0.15, -0.1) is 0 Å². The number of rotatable bonds is 9.